The molecule has 0 bridgehead atoms. The van der Waals surface area contributed by atoms with Crippen molar-refractivity contribution in [3.63, 3.8) is 0 Å². The first-order valence-electron chi connectivity index (χ1n) is 8.19. The van der Waals surface area contributed by atoms with Gasteiger partial charge in [0.1, 0.15) is 0 Å². The van der Waals surface area contributed by atoms with Crippen LogP contribution in [0.25, 0.3) is 0 Å². The highest BCUT2D eigenvalue weighted by atomic mass is 16.5. The molecule has 4 heteroatoms. The second-order valence-electron chi connectivity index (χ2n) is 7.53. The monoisotopic (exact) mass is 282 g/mol. The zero-order valence-corrected chi connectivity index (χ0v) is 13.5. The van der Waals surface area contributed by atoms with Crippen molar-refractivity contribution in [3.05, 3.63) is 0 Å². The fourth-order valence-corrected chi connectivity index (χ4v) is 3.71. The molecular weight excluding hydrogens is 252 g/mol. The summed E-state index contributed by atoms with van der Waals surface area (Å²) in [6, 6.07) is 1.41. The Morgan fingerprint density at radius 3 is 1.80 bits per heavy atom. The second-order valence-corrected chi connectivity index (χ2v) is 7.53. The first-order chi connectivity index (χ1) is 9.46. The minimum atomic E-state index is 0.324. The molecule has 4 aliphatic heterocycles. The number of hydrogen-bond donors (Lipinski definition) is 0. The van der Waals surface area contributed by atoms with Crippen LogP contribution < -0.4 is 0 Å². The van der Waals surface area contributed by atoms with Gasteiger partial charge in [0.15, 0.2) is 0 Å². The second kappa shape index (κ2) is 5.24. The summed E-state index contributed by atoms with van der Waals surface area (Å²) in [6.45, 7) is 15.6. The van der Waals surface area contributed by atoms with E-state index in [-0.39, 0.29) is 0 Å². The van der Waals surface area contributed by atoms with E-state index in [1.54, 1.807) is 0 Å². The lowest BCUT2D eigenvalue weighted by Gasteiger charge is -2.59. The third kappa shape index (κ3) is 2.41. The van der Waals surface area contributed by atoms with Crippen LogP contribution in [0, 0.1) is 0 Å². The number of likely N-dealkylation sites (tertiary alicyclic amines) is 2. The zero-order valence-electron chi connectivity index (χ0n) is 13.5. The number of ether oxygens (including phenoxy) is 2. The fraction of sp³-hybridized carbons (Fsp3) is 1.00. The molecule has 0 aliphatic carbocycles. The summed E-state index contributed by atoms with van der Waals surface area (Å²) in [5, 5.41) is 0. The SMILES string of the molecule is CC(C)N1CC2(CCO2)C1.CC(C)N1CCC12COC2. The minimum absolute atomic E-state index is 0.324. The summed E-state index contributed by atoms with van der Waals surface area (Å²) < 4.78 is 10.7. The van der Waals surface area contributed by atoms with Crippen molar-refractivity contribution in [1.29, 1.82) is 0 Å². The molecule has 0 atom stereocenters. The quantitative estimate of drug-likeness (QED) is 0.770. The molecule has 0 unspecified atom stereocenters. The Morgan fingerprint density at radius 1 is 0.950 bits per heavy atom. The average molecular weight is 282 g/mol. The Bertz CT molecular complexity index is 335. The molecule has 0 aromatic carbocycles. The predicted octanol–water partition coefficient (Wildman–Crippen LogP) is 1.74. The molecular formula is C16H30N2O2. The van der Waals surface area contributed by atoms with Crippen LogP contribution in [0.2, 0.25) is 0 Å². The highest BCUT2D eigenvalue weighted by Gasteiger charge is 2.51. The van der Waals surface area contributed by atoms with Crippen molar-refractivity contribution in [2.24, 2.45) is 0 Å². The largest absolute Gasteiger partial charge is 0.377 e. The van der Waals surface area contributed by atoms with E-state index in [1.165, 1.54) is 32.5 Å². The Hall–Kier alpha value is -0.160. The van der Waals surface area contributed by atoms with E-state index in [2.05, 4.69) is 37.5 Å². The first kappa shape index (κ1) is 14.8. The van der Waals surface area contributed by atoms with Crippen molar-refractivity contribution in [1.82, 2.24) is 9.80 Å². The summed E-state index contributed by atoms with van der Waals surface area (Å²) in [4.78, 5) is 5.01. The molecule has 4 nitrogen and oxygen atoms in total. The van der Waals surface area contributed by atoms with Gasteiger partial charge in [-0.05, 0) is 34.1 Å². The van der Waals surface area contributed by atoms with Crippen LogP contribution in [0.1, 0.15) is 40.5 Å². The third-order valence-electron chi connectivity index (χ3n) is 5.47. The number of rotatable bonds is 2. The van der Waals surface area contributed by atoms with Gasteiger partial charge >= 0.3 is 0 Å². The van der Waals surface area contributed by atoms with Crippen molar-refractivity contribution >= 4 is 0 Å². The van der Waals surface area contributed by atoms with Crippen molar-refractivity contribution in [2.45, 2.75) is 63.8 Å². The Balaban J connectivity index is 0.000000121. The molecule has 0 saturated carbocycles. The van der Waals surface area contributed by atoms with Crippen LogP contribution in [-0.2, 0) is 9.47 Å². The highest BCUT2D eigenvalue weighted by Crippen LogP contribution is 2.38. The van der Waals surface area contributed by atoms with E-state index in [0.717, 1.165) is 19.8 Å². The van der Waals surface area contributed by atoms with Gasteiger partial charge in [0.05, 0.1) is 31.0 Å². The van der Waals surface area contributed by atoms with Gasteiger partial charge in [-0.15, -0.1) is 0 Å². The van der Waals surface area contributed by atoms with E-state index in [9.17, 15) is 0 Å². The topological polar surface area (TPSA) is 24.9 Å². The fourth-order valence-electron chi connectivity index (χ4n) is 3.71. The van der Waals surface area contributed by atoms with Crippen LogP contribution in [-0.4, -0.2) is 72.5 Å². The van der Waals surface area contributed by atoms with E-state index in [4.69, 9.17) is 9.47 Å². The van der Waals surface area contributed by atoms with Crippen molar-refractivity contribution in [3.8, 4) is 0 Å². The van der Waals surface area contributed by atoms with Crippen LogP contribution in [0.15, 0.2) is 0 Å². The summed E-state index contributed by atoms with van der Waals surface area (Å²) >= 11 is 0. The molecule has 0 amide bonds. The molecule has 0 aromatic rings. The normalized spacial score (nSPS) is 30.3. The van der Waals surface area contributed by atoms with Gasteiger partial charge in [-0.1, -0.05) is 0 Å². The molecule has 2 spiro atoms. The Morgan fingerprint density at radius 2 is 1.60 bits per heavy atom. The van der Waals surface area contributed by atoms with Gasteiger partial charge in [-0.3, -0.25) is 9.80 Å². The minimum Gasteiger partial charge on any atom is -0.377 e. The zero-order chi connectivity index (χ0) is 14.4. The summed E-state index contributed by atoms with van der Waals surface area (Å²) in [5.74, 6) is 0. The lowest BCUT2D eigenvalue weighted by molar-refractivity contribution is -0.227. The van der Waals surface area contributed by atoms with E-state index < -0.39 is 0 Å². The maximum Gasteiger partial charge on any atom is 0.0956 e. The highest BCUT2D eigenvalue weighted by molar-refractivity contribution is 5.05. The van der Waals surface area contributed by atoms with Crippen LogP contribution in [0.3, 0.4) is 0 Å². The Labute approximate surface area is 123 Å². The van der Waals surface area contributed by atoms with Crippen molar-refractivity contribution < 1.29 is 9.47 Å². The maximum absolute atomic E-state index is 5.49. The summed E-state index contributed by atoms with van der Waals surface area (Å²) in [6.07, 6.45) is 2.64. The first-order valence-corrected chi connectivity index (χ1v) is 8.19. The molecule has 4 heterocycles. The maximum atomic E-state index is 5.49. The molecule has 4 saturated heterocycles. The van der Waals surface area contributed by atoms with E-state index in [1.807, 2.05) is 0 Å². The predicted molar refractivity (Wildman–Crippen MR) is 80.0 cm³/mol. The molecule has 4 fully saturated rings. The van der Waals surface area contributed by atoms with Crippen LogP contribution in [0.4, 0.5) is 0 Å². The van der Waals surface area contributed by atoms with E-state index in [0.29, 0.717) is 23.2 Å². The molecule has 20 heavy (non-hydrogen) atoms. The number of nitrogens with zero attached hydrogens (tertiary/aromatic N) is 2. The van der Waals surface area contributed by atoms with Gasteiger partial charge in [-0.2, -0.15) is 0 Å². The number of hydrogen-bond acceptors (Lipinski definition) is 4. The lowest BCUT2D eigenvalue weighted by Crippen LogP contribution is -2.72. The summed E-state index contributed by atoms with van der Waals surface area (Å²) in [7, 11) is 0. The molecule has 0 radical (unpaired) electrons. The molecule has 0 N–H and O–H groups in total. The van der Waals surface area contributed by atoms with Crippen LogP contribution >= 0.6 is 0 Å². The lowest BCUT2D eigenvalue weighted by atomic mass is 9.81. The molecule has 4 rings (SSSR count). The summed E-state index contributed by atoms with van der Waals surface area (Å²) in [5.41, 5.74) is 0.818. The van der Waals surface area contributed by atoms with Gasteiger partial charge < -0.3 is 9.47 Å². The average Bonchev–Trinajstić information content (AvgIpc) is 2.07. The van der Waals surface area contributed by atoms with E-state index >= 15 is 0 Å². The van der Waals surface area contributed by atoms with Crippen LogP contribution in [0.5, 0.6) is 0 Å². The molecule has 0 aromatic heterocycles. The third-order valence-corrected chi connectivity index (χ3v) is 5.47. The Kier molecular flexibility index (Phi) is 3.87. The van der Waals surface area contributed by atoms with Crippen molar-refractivity contribution in [2.75, 3.05) is 39.5 Å². The van der Waals surface area contributed by atoms with Gasteiger partial charge in [0.2, 0.25) is 0 Å². The standard InChI is InChI=1S/2C8H15NO/c1-7(2)9-5-8(6-9)3-4-10-8;1-7(2)9-4-3-8(9)5-10-6-8/h2*7H,3-6H2,1-2H3. The molecule has 116 valence electrons. The van der Waals surface area contributed by atoms with Gasteiger partial charge in [0, 0.05) is 38.1 Å². The smallest absolute Gasteiger partial charge is 0.0956 e. The van der Waals surface area contributed by atoms with Gasteiger partial charge in [0.25, 0.3) is 0 Å². The molecule has 4 aliphatic rings. The van der Waals surface area contributed by atoms with Gasteiger partial charge in [-0.25, -0.2) is 0 Å².